The summed E-state index contributed by atoms with van der Waals surface area (Å²) in [5.74, 6) is -1.53. The molecule has 0 heterocycles. The van der Waals surface area contributed by atoms with E-state index in [0.717, 1.165) is 6.07 Å². The van der Waals surface area contributed by atoms with Crippen molar-refractivity contribution in [3.05, 3.63) is 64.2 Å². The van der Waals surface area contributed by atoms with Gasteiger partial charge in [0.1, 0.15) is 0 Å². The van der Waals surface area contributed by atoms with Crippen LogP contribution < -0.4 is 5.32 Å². The van der Waals surface area contributed by atoms with Crippen LogP contribution in [-0.2, 0) is 19.6 Å². The number of non-ortho nitro benzene ring substituents is 1. The van der Waals surface area contributed by atoms with Gasteiger partial charge in [-0.3, -0.25) is 14.9 Å². The van der Waals surface area contributed by atoms with Gasteiger partial charge >= 0.3 is 5.97 Å². The molecular weight excluding hydrogens is 414 g/mol. The molecule has 0 saturated carbocycles. The molecule has 10 nitrogen and oxygen atoms in total. The molecule has 0 radical (unpaired) electrons. The average Bonchev–Trinajstić information content (AvgIpc) is 2.73. The van der Waals surface area contributed by atoms with E-state index in [1.807, 2.05) is 0 Å². The van der Waals surface area contributed by atoms with E-state index in [4.69, 9.17) is 4.74 Å². The van der Waals surface area contributed by atoms with Gasteiger partial charge < -0.3 is 10.1 Å². The van der Waals surface area contributed by atoms with Crippen LogP contribution in [0.25, 0.3) is 0 Å². The second-order valence-electron chi connectivity index (χ2n) is 6.05. The maximum atomic E-state index is 12.4. The molecule has 1 amide bonds. The molecule has 0 unspecified atom stereocenters. The maximum absolute atomic E-state index is 12.4. The molecule has 0 bridgehead atoms. The van der Waals surface area contributed by atoms with Crippen LogP contribution in [0, 0.1) is 10.1 Å². The van der Waals surface area contributed by atoms with Gasteiger partial charge in [0.05, 0.1) is 15.4 Å². The zero-order valence-corrected chi connectivity index (χ0v) is 17.2. The number of nitro benzene ring substituents is 1. The number of anilines is 1. The summed E-state index contributed by atoms with van der Waals surface area (Å²) in [6, 6.07) is 10.6. The lowest BCUT2D eigenvalue weighted by Crippen LogP contribution is -2.30. The molecule has 2 rings (SSSR count). The number of carbonyl (C=O) groups is 2. The normalized spacial score (nSPS) is 11.2. The van der Waals surface area contributed by atoms with Gasteiger partial charge in [0.2, 0.25) is 10.0 Å². The van der Waals surface area contributed by atoms with Gasteiger partial charge in [0.25, 0.3) is 11.6 Å². The van der Waals surface area contributed by atoms with Gasteiger partial charge in [-0.25, -0.2) is 13.2 Å². The third-order valence-corrected chi connectivity index (χ3v) is 6.17. The molecule has 160 valence electrons. The summed E-state index contributed by atoms with van der Waals surface area (Å²) >= 11 is 0. The van der Waals surface area contributed by atoms with Crippen molar-refractivity contribution in [2.24, 2.45) is 0 Å². The quantitative estimate of drug-likeness (QED) is 0.363. The highest BCUT2D eigenvalue weighted by Gasteiger charge is 2.21. The lowest BCUT2D eigenvalue weighted by molar-refractivity contribution is -0.384. The summed E-state index contributed by atoms with van der Waals surface area (Å²) in [4.78, 5) is 34.1. The third-order valence-electron chi connectivity index (χ3n) is 4.11. The molecule has 0 atom stereocenters. The van der Waals surface area contributed by atoms with Crippen molar-refractivity contribution >= 4 is 33.3 Å². The number of nitrogens with zero attached hydrogens (tertiary/aromatic N) is 2. The van der Waals surface area contributed by atoms with E-state index in [9.17, 15) is 28.1 Å². The zero-order chi connectivity index (χ0) is 22.3. The lowest BCUT2D eigenvalue weighted by atomic mass is 10.2. The molecule has 1 N–H and O–H groups in total. The molecule has 11 heteroatoms. The molecule has 0 aliphatic carbocycles. The van der Waals surface area contributed by atoms with Crippen LogP contribution in [-0.4, -0.2) is 49.2 Å². The fourth-order valence-electron chi connectivity index (χ4n) is 2.58. The van der Waals surface area contributed by atoms with E-state index in [1.54, 1.807) is 13.8 Å². The monoisotopic (exact) mass is 435 g/mol. The smallest absolute Gasteiger partial charge is 0.338 e. The number of sulfonamides is 1. The predicted molar refractivity (Wildman–Crippen MR) is 109 cm³/mol. The molecule has 0 aromatic heterocycles. The van der Waals surface area contributed by atoms with Crippen LogP contribution in [0.2, 0.25) is 0 Å². The predicted octanol–water partition coefficient (Wildman–Crippen LogP) is 2.42. The number of rotatable bonds is 9. The van der Waals surface area contributed by atoms with Gasteiger partial charge in [-0.15, -0.1) is 0 Å². The molecule has 0 aliphatic heterocycles. The molecule has 2 aromatic carbocycles. The van der Waals surface area contributed by atoms with Crippen LogP contribution >= 0.6 is 0 Å². The molecule has 30 heavy (non-hydrogen) atoms. The minimum absolute atomic E-state index is 0.0528. The summed E-state index contributed by atoms with van der Waals surface area (Å²) in [7, 11) is -3.60. The molecule has 2 aromatic rings. The van der Waals surface area contributed by atoms with Crippen molar-refractivity contribution in [3.63, 3.8) is 0 Å². The standard InChI is InChI=1S/C19H21N3O7S/c1-3-21(4-2)30(27,28)17-10-8-15(9-11-17)20-18(23)13-29-19(24)14-6-5-7-16(12-14)22(25)26/h5-12H,3-4,13H2,1-2H3,(H,20,23). The van der Waals surface area contributed by atoms with Crippen molar-refractivity contribution in [2.45, 2.75) is 18.7 Å². The fourth-order valence-corrected chi connectivity index (χ4v) is 4.04. The number of ether oxygens (including phenoxy) is 1. The number of nitrogens with one attached hydrogen (secondary N) is 1. The molecule has 0 fully saturated rings. The Morgan fingerprint density at radius 3 is 2.30 bits per heavy atom. The first-order valence-electron chi connectivity index (χ1n) is 9.00. The number of hydrogen-bond donors (Lipinski definition) is 1. The minimum atomic E-state index is -3.60. The SMILES string of the molecule is CCN(CC)S(=O)(=O)c1ccc(NC(=O)COC(=O)c2cccc([N+](=O)[O-])c2)cc1. The van der Waals surface area contributed by atoms with E-state index < -0.39 is 33.4 Å². The van der Waals surface area contributed by atoms with E-state index in [2.05, 4.69) is 5.32 Å². The van der Waals surface area contributed by atoms with Gasteiger partial charge in [0, 0.05) is 30.9 Å². The summed E-state index contributed by atoms with van der Waals surface area (Å²) < 4.78 is 31.1. The van der Waals surface area contributed by atoms with Crippen molar-refractivity contribution in [2.75, 3.05) is 25.0 Å². The van der Waals surface area contributed by atoms with Crippen molar-refractivity contribution in [1.29, 1.82) is 0 Å². The minimum Gasteiger partial charge on any atom is -0.452 e. The summed E-state index contributed by atoms with van der Waals surface area (Å²) in [6.07, 6.45) is 0. The number of hydrogen-bond acceptors (Lipinski definition) is 7. The van der Waals surface area contributed by atoms with Crippen molar-refractivity contribution in [1.82, 2.24) is 4.31 Å². The van der Waals surface area contributed by atoms with E-state index in [-0.39, 0.29) is 16.1 Å². The highest BCUT2D eigenvalue weighted by molar-refractivity contribution is 7.89. The third kappa shape index (κ3) is 5.61. The second kappa shape index (κ2) is 9.94. The maximum Gasteiger partial charge on any atom is 0.338 e. The molecular formula is C19H21N3O7S. The first-order valence-corrected chi connectivity index (χ1v) is 10.4. The summed E-state index contributed by atoms with van der Waals surface area (Å²) in [5.41, 5.74) is 0.00140. The van der Waals surface area contributed by atoms with E-state index in [0.29, 0.717) is 18.8 Å². The zero-order valence-electron chi connectivity index (χ0n) is 16.4. The summed E-state index contributed by atoms with van der Waals surface area (Å²) in [5, 5.41) is 13.2. The molecule has 0 aliphatic rings. The number of nitro groups is 1. The highest BCUT2D eigenvalue weighted by atomic mass is 32.2. The van der Waals surface area contributed by atoms with Crippen molar-refractivity contribution in [3.8, 4) is 0 Å². The van der Waals surface area contributed by atoms with Crippen LogP contribution in [0.1, 0.15) is 24.2 Å². The highest BCUT2D eigenvalue weighted by Crippen LogP contribution is 2.18. The van der Waals surface area contributed by atoms with Gasteiger partial charge in [-0.1, -0.05) is 19.9 Å². The Labute approximate surface area is 173 Å². The largest absolute Gasteiger partial charge is 0.452 e. The fraction of sp³-hybridized carbons (Fsp3) is 0.263. The Bertz CT molecular complexity index is 1030. The Morgan fingerprint density at radius 1 is 1.10 bits per heavy atom. The van der Waals surface area contributed by atoms with Crippen LogP contribution in [0.15, 0.2) is 53.4 Å². The topological polar surface area (TPSA) is 136 Å². The number of amides is 1. The summed E-state index contributed by atoms with van der Waals surface area (Å²) in [6.45, 7) is 3.55. The van der Waals surface area contributed by atoms with Gasteiger partial charge in [-0.05, 0) is 30.3 Å². The molecule has 0 saturated heterocycles. The van der Waals surface area contributed by atoms with E-state index in [1.165, 1.54) is 46.8 Å². The second-order valence-corrected chi connectivity index (χ2v) is 7.98. The molecule has 0 spiro atoms. The Kier molecular flexibility index (Phi) is 7.61. The Balaban J connectivity index is 1.96. The Morgan fingerprint density at radius 2 is 1.73 bits per heavy atom. The average molecular weight is 435 g/mol. The van der Waals surface area contributed by atoms with Crippen LogP contribution in [0.4, 0.5) is 11.4 Å². The van der Waals surface area contributed by atoms with E-state index >= 15 is 0 Å². The lowest BCUT2D eigenvalue weighted by Gasteiger charge is -2.18. The first-order chi connectivity index (χ1) is 14.2. The first kappa shape index (κ1) is 23.0. The van der Waals surface area contributed by atoms with Crippen LogP contribution in [0.5, 0.6) is 0 Å². The van der Waals surface area contributed by atoms with Crippen LogP contribution in [0.3, 0.4) is 0 Å². The van der Waals surface area contributed by atoms with Crippen molar-refractivity contribution < 1.29 is 27.7 Å². The number of carbonyl (C=O) groups excluding carboxylic acids is 2. The van der Waals surface area contributed by atoms with Gasteiger partial charge in [0.15, 0.2) is 6.61 Å². The Hall–Kier alpha value is -3.31. The number of benzene rings is 2. The van der Waals surface area contributed by atoms with Gasteiger partial charge in [-0.2, -0.15) is 4.31 Å². The number of esters is 1.